The standard InChI is InChI=1S/C14H22FN3O2S/c1-17(2)10-11-5-7-18(8-6-11)21(19,20)14-4-3-12(15)9-13(14)16/h3-4,9,11H,5-8,10,16H2,1-2H3. The van der Waals surface area contributed by atoms with E-state index in [0.717, 1.165) is 31.5 Å². The first-order valence-corrected chi connectivity index (χ1v) is 8.44. The molecular formula is C14H22FN3O2S. The summed E-state index contributed by atoms with van der Waals surface area (Å²) in [5.74, 6) is -0.0202. The molecule has 0 amide bonds. The van der Waals surface area contributed by atoms with E-state index >= 15 is 0 Å². The molecule has 0 aliphatic carbocycles. The number of anilines is 1. The van der Waals surface area contributed by atoms with Crippen LogP contribution in [0.5, 0.6) is 0 Å². The Kier molecular flexibility index (Phi) is 4.85. The van der Waals surface area contributed by atoms with Gasteiger partial charge in [-0.2, -0.15) is 4.31 Å². The number of sulfonamides is 1. The first kappa shape index (κ1) is 16.2. The van der Waals surface area contributed by atoms with E-state index in [-0.39, 0.29) is 10.6 Å². The third-order valence-corrected chi connectivity index (χ3v) is 5.76. The zero-order valence-corrected chi connectivity index (χ0v) is 13.2. The third-order valence-electron chi connectivity index (χ3n) is 3.79. The highest BCUT2D eigenvalue weighted by atomic mass is 32.2. The van der Waals surface area contributed by atoms with E-state index in [2.05, 4.69) is 4.90 Å². The Morgan fingerprint density at radius 2 is 1.95 bits per heavy atom. The lowest BCUT2D eigenvalue weighted by Gasteiger charge is -2.32. The van der Waals surface area contributed by atoms with Crippen molar-refractivity contribution in [3.63, 3.8) is 0 Å². The second kappa shape index (κ2) is 6.29. The summed E-state index contributed by atoms with van der Waals surface area (Å²) >= 11 is 0. The fourth-order valence-corrected chi connectivity index (χ4v) is 4.31. The molecule has 1 saturated heterocycles. The molecule has 2 N–H and O–H groups in total. The van der Waals surface area contributed by atoms with Crippen LogP contribution in [0.2, 0.25) is 0 Å². The quantitative estimate of drug-likeness (QED) is 0.852. The summed E-state index contributed by atoms with van der Waals surface area (Å²) in [4.78, 5) is 2.11. The number of piperidine rings is 1. The van der Waals surface area contributed by atoms with Gasteiger partial charge in [-0.1, -0.05) is 0 Å². The number of nitrogen functional groups attached to an aromatic ring is 1. The van der Waals surface area contributed by atoms with Gasteiger partial charge in [0.15, 0.2) is 0 Å². The normalized spacial score (nSPS) is 18.3. The van der Waals surface area contributed by atoms with E-state index in [9.17, 15) is 12.8 Å². The van der Waals surface area contributed by atoms with Crippen molar-refractivity contribution >= 4 is 15.7 Å². The molecule has 1 aromatic rings. The molecule has 1 aliphatic heterocycles. The van der Waals surface area contributed by atoms with Gasteiger partial charge < -0.3 is 10.6 Å². The molecule has 7 heteroatoms. The number of benzene rings is 1. The predicted octanol–water partition coefficient (Wildman–Crippen LogP) is 1.37. The summed E-state index contributed by atoms with van der Waals surface area (Å²) in [5.41, 5.74) is 5.62. The maximum Gasteiger partial charge on any atom is 0.245 e. The molecule has 0 radical (unpaired) electrons. The lowest BCUT2D eigenvalue weighted by molar-refractivity contribution is 0.225. The predicted molar refractivity (Wildman–Crippen MR) is 80.8 cm³/mol. The van der Waals surface area contributed by atoms with Crippen molar-refractivity contribution in [2.75, 3.05) is 39.5 Å². The molecule has 1 aliphatic rings. The Bertz CT molecular complexity index is 596. The van der Waals surface area contributed by atoms with Gasteiger partial charge in [0.05, 0.1) is 5.69 Å². The third kappa shape index (κ3) is 3.72. The highest BCUT2D eigenvalue weighted by molar-refractivity contribution is 7.89. The van der Waals surface area contributed by atoms with Gasteiger partial charge in [-0.15, -0.1) is 0 Å². The molecule has 0 aromatic heterocycles. The molecule has 2 rings (SSSR count). The van der Waals surface area contributed by atoms with Crippen molar-refractivity contribution < 1.29 is 12.8 Å². The molecule has 0 unspecified atom stereocenters. The minimum Gasteiger partial charge on any atom is -0.398 e. The Morgan fingerprint density at radius 3 is 2.48 bits per heavy atom. The monoisotopic (exact) mass is 315 g/mol. The number of nitrogens with two attached hydrogens (primary N) is 1. The number of hydrogen-bond donors (Lipinski definition) is 1. The van der Waals surface area contributed by atoms with Gasteiger partial charge in [-0.25, -0.2) is 12.8 Å². The molecule has 1 fully saturated rings. The van der Waals surface area contributed by atoms with Crippen LogP contribution in [0.3, 0.4) is 0 Å². The van der Waals surface area contributed by atoms with E-state index in [0.29, 0.717) is 19.0 Å². The largest absolute Gasteiger partial charge is 0.398 e. The number of nitrogens with zero attached hydrogens (tertiary/aromatic N) is 2. The van der Waals surface area contributed by atoms with Gasteiger partial charge >= 0.3 is 0 Å². The fourth-order valence-electron chi connectivity index (χ4n) is 2.74. The Morgan fingerprint density at radius 1 is 1.33 bits per heavy atom. The smallest absolute Gasteiger partial charge is 0.245 e. The van der Waals surface area contributed by atoms with Gasteiger partial charge in [-0.3, -0.25) is 0 Å². The average Bonchev–Trinajstić information content (AvgIpc) is 2.38. The lowest BCUT2D eigenvalue weighted by Crippen LogP contribution is -2.40. The number of rotatable bonds is 4. The minimum atomic E-state index is -3.63. The first-order valence-electron chi connectivity index (χ1n) is 7.00. The summed E-state index contributed by atoms with van der Waals surface area (Å²) in [6, 6.07) is 3.42. The maximum absolute atomic E-state index is 13.1. The van der Waals surface area contributed by atoms with Gasteiger partial charge in [-0.05, 0) is 51.1 Å². The van der Waals surface area contributed by atoms with Gasteiger partial charge in [0.1, 0.15) is 10.7 Å². The van der Waals surface area contributed by atoms with Crippen LogP contribution in [0.1, 0.15) is 12.8 Å². The second-order valence-corrected chi connectivity index (χ2v) is 7.70. The van der Waals surface area contributed by atoms with Crippen LogP contribution >= 0.6 is 0 Å². The van der Waals surface area contributed by atoms with Gasteiger partial charge in [0.25, 0.3) is 0 Å². The second-order valence-electron chi connectivity index (χ2n) is 5.79. The summed E-state index contributed by atoms with van der Waals surface area (Å²) in [5, 5.41) is 0. The van der Waals surface area contributed by atoms with Crippen LogP contribution in [0.4, 0.5) is 10.1 Å². The highest BCUT2D eigenvalue weighted by Gasteiger charge is 2.30. The van der Waals surface area contributed by atoms with Crippen molar-refractivity contribution in [2.45, 2.75) is 17.7 Å². The van der Waals surface area contributed by atoms with Crippen molar-refractivity contribution in [1.82, 2.24) is 9.21 Å². The summed E-state index contributed by atoms with van der Waals surface area (Å²) in [6.07, 6.45) is 1.66. The molecule has 118 valence electrons. The van der Waals surface area contributed by atoms with Crippen LogP contribution in [-0.4, -0.2) is 51.4 Å². The molecule has 5 nitrogen and oxygen atoms in total. The van der Waals surface area contributed by atoms with Crippen LogP contribution in [-0.2, 0) is 10.0 Å². The zero-order valence-electron chi connectivity index (χ0n) is 12.4. The van der Waals surface area contributed by atoms with E-state index in [1.54, 1.807) is 0 Å². The van der Waals surface area contributed by atoms with Crippen molar-refractivity contribution in [1.29, 1.82) is 0 Å². The van der Waals surface area contributed by atoms with E-state index in [1.165, 1.54) is 10.4 Å². The van der Waals surface area contributed by atoms with Crippen molar-refractivity contribution in [3.8, 4) is 0 Å². The molecular weight excluding hydrogens is 293 g/mol. The van der Waals surface area contributed by atoms with E-state index < -0.39 is 15.8 Å². The summed E-state index contributed by atoms with van der Waals surface area (Å²) in [7, 11) is 0.399. The maximum atomic E-state index is 13.1. The molecule has 0 saturated carbocycles. The Hall–Kier alpha value is -1.18. The van der Waals surface area contributed by atoms with Crippen LogP contribution in [0, 0.1) is 11.7 Å². The van der Waals surface area contributed by atoms with Crippen molar-refractivity contribution in [2.24, 2.45) is 5.92 Å². The summed E-state index contributed by atoms with van der Waals surface area (Å²) < 4.78 is 39.6. The Balaban J connectivity index is 2.11. The lowest BCUT2D eigenvalue weighted by atomic mass is 9.98. The first-order chi connectivity index (χ1) is 9.80. The number of hydrogen-bond acceptors (Lipinski definition) is 4. The topological polar surface area (TPSA) is 66.6 Å². The van der Waals surface area contributed by atoms with Gasteiger partial charge in [0.2, 0.25) is 10.0 Å². The minimum absolute atomic E-state index is 0.00467. The molecule has 0 spiro atoms. The molecule has 0 atom stereocenters. The van der Waals surface area contributed by atoms with Crippen LogP contribution in [0.15, 0.2) is 23.1 Å². The van der Waals surface area contributed by atoms with Crippen molar-refractivity contribution in [3.05, 3.63) is 24.0 Å². The molecule has 0 bridgehead atoms. The van der Waals surface area contributed by atoms with E-state index in [1.807, 2.05) is 14.1 Å². The van der Waals surface area contributed by atoms with Gasteiger partial charge in [0, 0.05) is 19.6 Å². The number of halogens is 1. The zero-order chi connectivity index (χ0) is 15.6. The SMILES string of the molecule is CN(C)CC1CCN(S(=O)(=O)c2ccc(F)cc2N)CC1. The molecule has 21 heavy (non-hydrogen) atoms. The average molecular weight is 315 g/mol. The summed E-state index contributed by atoms with van der Waals surface area (Å²) in [6.45, 7) is 1.93. The Labute approximate surface area is 125 Å². The molecule has 1 heterocycles. The highest BCUT2D eigenvalue weighted by Crippen LogP contribution is 2.27. The van der Waals surface area contributed by atoms with E-state index in [4.69, 9.17) is 5.73 Å². The molecule has 1 aromatic carbocycles. The van der Waals surface area contributed by atoms with Crippen LogP contribution in [0.25, 0.3) is 0 Å². The van der Waals surface area contributed by atoms with Crippen LogP contribution < -0.4 is 5.73 Å². The fraction of sp³-hybridized carbons (Fsp3) is 0.571.